The molecule has 0 saturated carbocycles. The van der Waals surface area contributed by atoms with Crippen molar-refractivity contribution in [2.45, 2.75) is 335 Å². The van der Waals surface area contributed by atoms with Gasteiger partial charge in [0.15, 0.2) is 6.10 Å². The lowest BCUT2D eigenvalue weighted by atomic mass is 10.0. The first-order chi connectivity index (χ1) is 41.0. The van der Waals surface area contributed by atoms with Crippen LogP contribution in [0.25, 0.3) is 0 Å². The predicted octanol–water partition coefficient (Wildman–Crippen LogP) is 24.3. The quantitative estimate of drug-likeness (QED) is 0.0261. The Labute approximate surface area is 513 Å². The largest absolute Gasteiger partial charge is 0.462 e. The number of hydrogen-bond donors (Lipinski definition) is 0. The molecule has 0 fully saturated rings. The van der Waals surface area contributed by atoms with Gasteiger partial charge in [-0.1, -0.05) is 316 Å². The van der Waals surface area contributed by atoms with E-state index in [0.29, 0.717) is 19.3 Å². The summed E-state index contributed by atoms with van der Waals surface area (Å²) < 4.78 is 17.0. The van der Waals surface area contributed by atoms with Crippen molar-refractivity contribution in [1.82, 2.24) is 0 Å². The summed E-state index contributed by atoms with van der Waals surface area (Å²) in [5.41, 5.74) is 0. The van der Waals surface area contributed by atoms with Crippen molar-refractivity contribution >= 4 is 17.9 Å². The second kappa shape index (κ2) is 70.3. The van der Waals surface area contributed by atoms with Gasteiger partial charge in [-0.05, 0) is 116 Å². The summed E-state index contributed by atoms with van der Waals surface area (Å²) in [6.45, 7) is 6.53. The van der Waals surface area contributed by atoms with Gasteiger partial charge >= 0.3 is 17.9 Å². The molecule has 0 saturated heterocycles. The monoisotopic (exact) mass is 1150 g/mol. The Morgan fingerprint density at radius 2 is 0.470 bits per heavy atom. The number of unbranched alkanes of at least 4 members (excludes halogenated alkanes) is 32. The van der Waals surface area contributed by atoms with Gasteiger partial charge < -0.3 is 14.2 Å². The Kier molecular flexibility index (Phi) is 66.7. The minimum atomic E-state index is -0.797. The Hall–Kier alpha value is -4.19. The zero-order chi connectivity index (χ0) is 59.9. The number of rotatable bonds is 63. The van der Waals surface area contributed by atoms with E-state index in [1.165, 1.54) is 167 Å². The number of allylic oxidation sites excluding steroid dienone is 20. The van der Waals surface area contributed by atoms with E-state index in [0.717, 1.165) is 122 Å². The standard InChI is InChI=1S/C77H130O6/c1-4-7-10-13-16-19-22-25-28-31-32-33-34-35-36-37-38-39-40-41-42-43-44-47-49-52-55-58-61-64-67-70-76(79)82-73-74(83-77(80)71-68-65-62-59-56-53-50-46-30-27-24-21-18-15-12-9-6-3)72-81-75(78)69-66-63-60-57-54-51-48-45-29-26-23-20-17-14-11-8-5-2/h7,10,16,19,25,27-28,30,32-33,35-36,38-39,41-42,44,47,52,55,74H,4-6,8-9,11-15,17-18,20-24,26,29,31,34,37,40,43,45-46,48-51,53-54,56-73H2,1-3H3/b10-7-,19-16-,28-25-,30-27-,33-32-,36-35-,39-38-,42-41-,47-44-,55-52-. The van der Waals surface area contributed by atoms with Crippen LogP contribution in [-0.4, -0.2) is 37.2 Å². The molecule has 0 radical (unpaired) electrons. The molecule has 474 valence electrons. The van der Waals surface area contributed by atoms with Crippen LogP contribution >= 0.6 is 0 Å². The number of carbonyl (C=O) groups is 3. The van der Waals surface area contributed by atoms with Crippen LogP contribution in [0.15, 0.2) is 122 Å². The number of carbonyl (C=O) groups excluding carboxylic acids is 3. The van der Waals surface area contributed by atoms with E-state index >= 15 is 0 Å². The summed E-state index contributed by atoms with van der Waals surface area (Å²) >= 11 is 0. The zero-order valence-corrected chi connectivity index (χ0v) is 54.4. The van der Waals surface area contributed by atoms with Gasteiger partial charge in [0.25, 0.3) is 0 Å². The van der Waals surface area contributed by atoms with Gasteiger partial charge in [0.05, 0.1) is 0 Å². The van der Waals surface area contributed by atoms with E-state index in [2.05, 4.69) is 142 Å². The van der Waals surface area contributed by atoms with Gasteiger partial charge in [-0.3, -0.25) is 14.4 Å². The molecular formula is C77H130O6. The number of ether oxygens (including phenoxy) is 3. The highest BCUT2D eigenvalue weighted by molar-refractivity contribution is 5.71. The first-order valence-electron chi connectivity index (χ1n) is 35.0. The van der Waals surface area contributed by atoms with Gasteiger partial charge in [-0.2, -0.15) is 0 Å². The zero-order valence-electron chi connectivity index (χ0n) is 54.4. The van der Waals surface area contributed by atoms with Gasteiger partial charge in [0, 0.05) is 19.3 Å². The fourth-order valence-corrected chi connectivity index (χ4v) is 9.73. The van der Waals surface area contributed by atoms with Crippen molar-refractivity contribution in [3.05, 3.63) is 122 Å². The summed E-state index contributed by atoms with van der Waals surface area (Å²) in [4.78, 5) is 38.4. The Morgan fingerprint density at radius 1 is 0.253 bits per heavy atom. The molecule has 0 bridgehead atoms. The molecule has 0 aliphatic heterocycles. The normalized spacial score (nSPS) is 12.9. The Bertz CT molecular complexity index is 1700. The van der Waals surface area contributed by atoms with Crippen LogP contribution in [0, 0.1) is 0 Å². The fourth-order valence-electron chi connectivity index (χ4n) is 9.73. The van der Waals surface area contributed by atoms with Gasteiger partial charge in [-0.15, -0.1) is 0 Å². The molecule has 0 aliphatic rings. The van der Waals surface area contributed by atoms with E-state index in [-0.39, 0.29) is 31.1 Å². The average molecular weight is 1150 g/mol. The molecule has 6 heteroatoms. The van der Waals surface area contributed by atoms with E-state index in [9.17, 15) is 14.4 Å². The predicted molar refractivity (Wildman–Crippen MR) is 362 cm³/mol. The van der Waals surface area contributed by atoms with Gasteiger partial charge in [0.1, 0.15) is 13.2 Å². The Morgan fingerprint density at radius 3 is 0.759 bits per heavy atom. The van der Waals surface area contributed by atoms with E-state index in [1.807, 2.05) is 0 Å². The van der Waals surface area contributed by atoms with E-state index < -0.39 is 6.10 Å². The first-order valence-corrected chi connectivity index (χ1v) is 35.0. The molecule has 0 heterocycles. The first kappa shape index (κ1) is 78.8. The van der Waals surface area contributed by atoms with E-state index in [4.69, 9.17) is 14.2 Å². The summed E-state index contributed by atoms with van der Waals surface area (Å²) in [7, 11) is 0. The molecule has 0 spiro atoms. The second-order valence-corrected chi connectivity index (χ2v) is 23.1. The number of esters is 3. The molecule has 0 amide bonds. The maximum atomic E-state index is 12.9. The summed E-state index contributed by atoms with van der Waals surface area (Å²) in [6, 6.07) is 0. The van der Waals surface area contributed by atoms with E-state index in [1.54, 1.807) is 0 Å². The van der Waals surface area contributed by atoms with Gasteiger partial charge in [-0.25, -0.2) is 0 Å². The minimum absolute atomic E-state index is 0.0889. The highest BCUT2D eigenvalue weighted by atomic mass is 16.6. The minimum Gasteiger partial charge on any atom is -0.462 e. The summed E-state index contributed by atoms with van der Waals surface area (Å²) in [5.74, 6) is -0.915. The van der Waals surface area contributed by atoms with Crippen LogP contribution in [0.4, 0.5) is 0 Å². The maximum Gasteiger partial charge on any atom is 0.306 e. The van der Waals surface area contributed by atoms with Crippen molar-refractivity contribution in [3.8, 4) is 0 Å². The van der Waals surface area contributed by atoms with Crippen LogP contribution < -0.4 is 0 Å². The number of hydrogen-bond acceptors (Lipinski definition) is 6. The van der Waals surface area contributed by atoms with Crippen molar-refractivity contribution in [1.29, 1.82) is 0 Å². The van der Waals surface area contributed by atoms with Crippen LogP contribution in [-0.2, 0) is 28.6 Å². The van der Waals surface area contributed by atoms with Crippen LogP contribution in [0.3, 0.4) is 0 Å². The molecule has 1 atom stereocenters. The smallest absolute Gasteiger partial charge is 0.306 e. The highest BCUT2D eigenvalue weighted by Gasteiger charge is 2.19. The second-order valence-electron chi connectivity index (χ2n) is 23.1. The molecular weight excluding hydrogens is 1020 g/mol. The third kappa shape index (κ3) is 68.5. The molecule has 0 rings (SSSR count). The third-order valence-electron chi connectivity index (χ3n) is 15.0. The topological polar surface area (TPSA) is 78.9 Å². The third-order valence-corrected chi connectivity index (χ3v) is 15.0. The summed E-state index contributed by atoms with van der Waals surface area (Å²) in [5, 5.41) is 0. The molecule has 0 aliphatic carbocycles. The fraction of sp³-hybridized carbons (Fsp3) is 0.701. The Balaban J connectivity index is 4.40. The van der Waals surface area contributed by atoms with Crippen LogP contribution in [0.1, 0.15) is 329 Å². The molecule has 1 unspecified atom stereocenters. The molecule has 0 aromatic carbocycles. The van der Waals surface area contributed by atoms with Crippen LogP contribution in [0.2, 0.25) is 0 Å². The lowest BCUT2D eigenvalue weighted by Crippen LogP contribution is -2.30. The summed E-state index contributed by atoms with van der Waals surface area (Å²) in [6.07, 6.45) is 97.8. The van der Waals surface area contributed by atoms with Gasteiger partial charge in [0.2, 0.25) is 0 Å². The van der Waals surface area contributed by atoms with Crippen molar-refractivity contribution < 1.29 is 28.6 Å². The van der Waals surface area contributed by atoms with Crippen molar-refractivity contribution in [2.24, 2.45) is 0 Å². The lowest BCUT2D eigenvalue weighted by Gasteiger charge is -2.18. The average Bonchev–Trinajstić information content (AvgIpc) is 3.49. The molecule has 83 heavy (non-hydrogen) atoms. The SMILES string of the molecule is CC/C=C\C/C=C\C/C=C\C/C=C\C/C=C\C/C=C\C/C=C\C/C=C\C/C=C\CCCCCC(=O)OCC(COC(=O)CCCCCCCCCCCCCCCCCCC)OC(=O)CCCCCCCCC/C=C\CCCCCCCC. The van der Waals surface area contributed by atoms with Crippen molar-refractivity contribution in [2.75, 3.05) is 13.2 Å². The van der Waals surface area contributed by atoms with Crippen molar-refractivity contribution in [3.63, 3.8) is 0 Å². The van der Waals surface area contributed by atoms with Crippen LogP contribution in [0.5, 0.6) is 0 Å². The molecule has 0 aromatic rings. The lowest BCUT2D eigenvalue weighted by molar-refractivity contribution is -0.167. The molecule has 0 N–H and O–H groups in total. The maximum absolute atomic E-state index is 12.9. The molecule has 6 nitrogen and oxygen atoms in total. The molecule has 0 aromatic heterocycles. The highest BCUT2D eigenvalue weighted by Crippen LogP contribution is 2.17.